The third-order valence-electron chi connectivity index (χ3n) is 5.27. The summed E-state index contributed by atoms with van der Waals surface area (Å²) in [7, 11) is 0. The van der Waals surface area contributed by atoms with Gasteiger partial charge >= 0.3 is 0 Å². The van der Waals surface area contributed by atoms with Gasteiger partial charge in [-0.1, -0.05) is 60.7 Å². The van der Waals surface area contributed by atoms with E-state index in [1.165, 1.54) is 23.1 Å². The van der Waals surface area contributed by atoms with Gasteiger partial charge in [0.15, 0.2) is 0 Å². The molecule has 0 saturated carbocycles. The molecule has 6 heteroatoms. The fourth-order valence-corrected chi connectivity index (χ4v) is 3.63. The predicted octanol–water partition coefficient (Wildman–Crippen LogP) is 4.67. The fourth-order valence-electron chi connectivity index (χ4n) is 3.63. The smallest absolute Gasteiger partial charge is 0.243 e. The third-order valence-corrected chi connectivity index (χ3v) is 5.27. The van der Waals surface area contributed by atoms with Gasteiger partial charge in [-0.15, -0.1) is 0 Å². The molecule has 33 heavy (non-hydrogen) atoms. The van der Waals surface area contributed by atoms with Crippen molar-refractivity contribution in [3.05, 3.63) is 107 Å². The summed E-state index contributed by atoms with van der Waals surface area (Å²) < 4.78 is 27.7. The number of halogens is 2. The Morgan fingerprint density at radius 2 is 1.48 bits per heavy atom. The minimum Gasteiger partial charge on any atom is -0.352 e. The van der Waals surface area contributed by atoms with Gasteiger partial charge in [-0.05, 0) is 48.7 Å². The van der Waals surface area contributed by atoms with Crippen molar-refractivity contribution in [2.75, 3.05) is 0 Å². The van der Waals surface area contributed by atoms with Crippen molar-refractivity contribution in [1.82, 2.24) is 10.2 Å². The van der Waals surface area contributed by atoms with Crippen molar-refractivity contribution in [3.8, 4) is 0 Å². The first-order chi connectivity index (χ1) is 15.8. The van der Waals surface area contributed by atoms with Crippen LogP contribution in [0.1, 0.15) is 30.5 Å². The van der Waals surface area contributed by atoms with Crippen molar-refractivity contribution in [2.24, 2.45) is 0 Å². The highest BCUT2D eigenvalue weighted by Crippen LogP contribution is 2.18. The Morgan fingerprint density at radius 1 is 0.848 bits per heavy atom. The first-order valence-electron chi connectivity index (χ1n) is 10.9. The Kier molecular flexibility index (Phi) is 8.30. The molecule has 4 nitrogen and oxygen atoms in total. The van der Waals surface area contributed by atoms with E-state index in [0.717, 1.165) is 5.56 Å². The lowest BCUT2D eigenvalue weighted by molar-refractivity contribution is -0.141. The van der Waals surface area contributed by atoms with Crippen LogP contribution >= 0.6 is 0 Å². The standard InChI is InChI=1S/C27H28F2N2O2/c1-19(2)30-27(33)25(16-20-8-4-3-5-9-20)31(18-21-12-14-23(28)15-13-21)26(32)17-22-10-6-7-11-24(22)29/h3-15,19,25H,16-18H2,1-2H3,(H,30,33). The van der Waals surface area contributed by atoms with E-state index in [-0.39, 0.29) is 42.2 Å². The SMILES string of the molecule is CC(C)NC(=O)C(Cc1ccccc1)N(Cc1ccc(F)cc1)C(=O)Cc1ccccc1F. The number of rotatable bonds is 9. The molecule has 0 aromatic heterocycles. The van der Waals surface area contributed by atoms with E-state index < -0.39 is 11.9 Å². The molecule has 1 N–H and O–H groups in total. The lowest BCUT2D eigenvalue weighted by Crippen LogP contribution is -2.52. The van der Waals surface area contributed by atoms with Gasteiger partial charge in [0, 0.05) is 19.0 Å². The Bertz CT molecular complexity index is 1070. The molecule has 1 atom stereocenters. The van der Waals surface area contributed by atoms with E-state index in [2.05, 4.69) is 5.32 Å². The van der Waals surface area contributed by atoms with Crippen molar-refractivity contribution in [1.29, 1.82) is 0 Å². The number of nitrogens with zero attached hydrogens (tertiary/aromatic N) is 1. The van der Waals surface area contributed by atoms with E-state index >= 15 is 0 Å². The molecule has 0 spiro atoms. The summed E-state index contributed by atoms with van der Waals surface area (Å²) in [6.07, 6.45) is 0.109. The van der Waals surface area contributed by atoms with E-state index in [1.807, 2.05) is 44.2 Å². The molecule has 0 fully saturated rings. The molecule has 0 aliphatic rings. The molecule has 0 saturated heterocycles. The van der Waals surface area contributed by atoms with Crippen LogP contribution in [0.25, 0.3) is 0 Å². The highest BCUT2D eigenvalue weighted by molar-refractivity contribution is 5.89. The second kappa shape index (κ2) is 11.4. The van der Waals surface area contributed by atoms with E-state index in [4.69, 9.17) is 0 Å². The number of hydrogen-bond acceptors (Lipinski definition) is 2. The van der Waals surface area contributed by atoms with Gasteiger partial charge in [-0.3, -0.25) is 9.59 Å². The Hall–Kier alpha value is -3.54. The van der Waals surface area contributed by atoms with E-state index in [1.54, 1.807) is 30.3 Å². The molecule has 3 rings (SSSR count). The van der Waals surface area contributed by atoms with E-state index in [0.29, 0.717) is 12.0 Å². The van der Waals surface area contributed by atoms with E-state index in [9.17, 15) is 18.4 Å². The molecule has 0 heterocycles. The highest BCUT2D eigenvalue weighted by atomic mass is 19.1. The summed E-state index contributed by atoms with van der Waals surface area (Å²) in [5.74, 6) is -1.54. The second-order valence-electron chi connectivity index (χ2n) is 8.29. The minimum absolute atomic E-state index is 0.0938. The fraction of sp³-hybridized carbons (Fsp3) is 0.259. The Labute approximate surface area is 193 Å². The molecule has 0 aliphatic carbocycles. The first kappa shape index (κ1) is 24.1. The number of carbonyl (C=O) groups is 2. The largest absolute Gasteiger partial charge is 0.352 e. The van der Waals surface area contributed by atoms with Crippen LogP contribution in [0.4, 0.5) is 8.78 Å². The van der Waals surface area contributed by atoms with Crippen LogP contribution in [0.15, 0.2) is 78.9 Å². The van der Waals surface area contributed by atoms with Crippen LogP contribution in [-0.4, -0.2) is 28.8 Å². The normalized spacial score (nSPS) is 11.8. The molecule has 0 bridgehead atoms. The quantitative estimate of drug-likeness (QED) is 0.515. The second-order valence-corrected chi connectivity index (χ2v) is 8.29. The lowest BCUT2D eigenvalue weighted by atomic mass is 10.0. The molecular weight excluding hydrogens is 422 g/mol. The average Bonchev–Trinajstić information content (AvgIpc) is 2.79. The van der Waals surface area contributed by atoms with Gasteiger partial charge in [0.25, 0.3) is 0 Å². The predicted molar refractivity (Wildman–Crippen MR) is 124 cm³/mol. The summed E-state index contributed by atoms with van der Waals surface area (Å²) in [5.41, 5.74) is 1.83. The first-order valence-corrected chi connectivity index (χ1v) is 10.9. The van der Waals surface area contributed by atoms with Gasteiger partial charge in [-0.25, -0.2) is 8.78 Å². The number of nitrogens with one attached hydrogen (secondary N) is 1. The van der Waals surface area contributed by atoms with Gasteiger partial charge in [0.05, 0.1) is 6.42 Å². The number of amides is 2. The maximum Gasteiger partial charge on any atom is 0.243 e. The number of carbonyl (C=O) groups excluding carboxylic acids is 2. The van der Waals surface area contributed by atoms with Gasteiger partial charge in [0.1, 0.15) is 17.7 Å². The Balaban J connectivity index is 1.97. The van der Waals surface area contributed by atoms with Crippen molar-refractivity contribution in [3.63, 3.8) is 0 Å². The van der Waals surface area contributed by atoms with Crippen LogP contribution in [0, 0.1) is 11.6 Å². The van der Waals surface area contributed by atoms with Crippen LogP contribution in [-0.2, 0) is 29.0 Å². The maximum atomic E-state index is 14.3. The highest BCUT2D eigenvalue weighted by Gasteiger charge is 2.31. The molecule has 172 valence electrons. The van der Waals surface area contributed by atoms with Crippen LogP contribution in [0.3, 0.4) is 0 Å². The summed E-state index contributed by atoms with van der Waals surface area (Å²) in [5, 5.41) is 2.90. The monoisotopic (exact) mass is 450 g/mol. The van der Waals surface area contributed by atoms with Gasteiger partial charge in [0.2, 0.25) is 11.8 Å². The van der Waals surface area contributed by atoms with Crippen molar-refractivity contribution >= 4 is 11.8 Å². The zero-order valence-electron chi connectivity index (χ0n) is 18.8. The molecule has 3 aromatic rings. The summed E-state index contributed by atoms with van der Waals surface area (Å²) in [6, 6.07) is 20.4. The average molecular weight is 451 g/mol. The molecule has 1 unspecified atom stereocenters. The molecule has 2 amide bonds. The van der Waals surface area contributed by atoms with Crippen molar-refractivity contribution < 1.29 is 18.4 Å². The molecule has 0 aliphatic heterocycles. The zero-order chi connectivity index (χ0) is 23.8. The number of benzene rings is 3. The lowest BCUT2D eigenvalue weighted by Gasteiger charge is -2.32. The third kappa shape index (κ3) is 6.97. The van der Waals surface area contributed by atoms with Crippen LogP contribution in [0.5, 0.6) is 0 Å². The number of hydrogen-bond donors (Lipinski definition) is 1. The molecule has 3 aromatic carbocycles. The summed E-state index contributed by atoms with van der Waals surface area (Å²) in [4.78, 5) is 28.2. The Morgan fingerprint density at radius 3 is 2.12 bits per heavy atom. The maximum absolute atomic E-state index is 14.3. The topological polar surface area (TPSA) is 49.4 Å². The van der Waals surface area contributed by atoms with Gasteiger partial charge in [-0.2, -0.15) is 0 Å². The summed E-state index contributed by atoms with van der Waals surface area (Å²) in [6.45, 7) is 3.79. The van der Waals surface area contributed by atoms with Crippen LogP contribution < -0.4 is 5.32 Å². The van der Waals surface area contributed by atoms with Crippen molar-refractivity contribution in [2.45, 2.75) is 45.3 Å². The van der Waals surface area contributed by atoms with Gasteiger partial charge < -0.3 is 10.2 Å². The molecular formula is C27H28F2N2O2. The minimum atomic E-state index is -0.820. The zero-order valence-corrected chi connectivity index (χ0v) is 18.8. The van der Waals surface area contributed by atoms with Crippen LogP contribution in [0.2, 0.25) is 0 Å². The molecule has 0 radical (unpaired) electrons. The summed E-state index contributed by atoms with van der Waals surface area (Å²) >= 11 is 0.